The molecule has 0 aliphatic rings. The summed E-state index contributed by atoms with van der Waals surface area (Å²) in [6.07, 6.45) is 0.469. The normalized spacial score (nSPS) is 12.6. The van der Waals surface area contributed by atoms with E-state index in [1.807, 2.05) is 119 Å². The molecule has 8 rings (SSSR count). The van der Waals surface area contributed by atoms with Crippen LogP contribution in [0.5, 0.6) is 0 Å². The second kappa shape index (κ2) is 14.5. The van der Waals surface area contributed by atoms with E-state index in [0.29, 0.717) is 5.71 Å². The molecule has 7 heteroatoms. The molecule has 0 saturated carbocycles. The maximum atomic E-state index is 8.75. The summed E-state index contributed by atoms with van der Waals surface area (Å²) >= 11 is 0. The van der Waals surface area contributed by atoms with Crippen molar-refractivity contribution in [2.75, 3.05) is 0 Å². The van der Waals surface area contributed by atoms with Crippen LogP contribution in [0.3, 0.4) is 0 Å². The van der Waals surface area contributed by atoms with E-state index in [4.69, 9.17) is 12.1 Å². The van der Waals surface area contributed by atoms with Crippen LogP contribution in [0.1, 0.15) is 34.8 Å². The second-order valence-corrected chi connectivity index (χ2v) is 19.7. The van der Waals surface area contributed by atoms with Gasteiger partial charge in [0.2, 0.25) is 5.71 Å². The van der Waals surface area contributed by atoms with Crippen LogP contribution < -0.4 is 5.19 Å². The number of nitrogens with zero attached hydrogens (tertiary/aromatic N) is 4. The van der Waals surface area contributed by atoms with Crippen LogP contribution in [-0.4, -0.2) is 27.6 Å². The van der Waals surface area contributed by atoms with E-state index < -0.39 is 19.9 Å². The van der Waals surface area contributed by atoms with Gasteiger partial charge in [-0.3, -0.25) is 4.98 Å². The number of fused-ring (bicyclic) bond motifs is 4. The van der Waals surface area contributed by atoms with Crippen LogP contribution in [0.15, 0.2) is 120 Å². The van der Waals surface area contributed by atoms with Gasteiger partial charge in [-0.25, -0.2) is 4.98 Å². The first kappa shape index (κ1) is 33.5. The summed E-state index contributed by atoms with van der Waals surface area (Å²) in [6.45, 7) is 14.5. The van der Waals surface area contributed by atoms with Crippen molar-refractivity contribution < 1.29 is 27.3 Å². The number of rotatable bonds is 5. The SMILES string of the molecule is Cc1ccc2c(n1)oc1c(-c3nc4ccccc4n3-c3ccccc3)[c-]ccc12.[2H]C([2H])(c1cc(-c2[c-]cccc2)ncc1[Si](C)(C)C)C(C)(C)C.[Ir]. The molecule has 8 aromatic rings. The fourth-order valence-corrected chi connectivity index (χ4v) is 7.57. The van der Waals surface area contributed by atoms with Crippen LogP contribution in [-0.2, 0) is 26.5 Å². The fourth-order valence-electron chi connectivity index (χ4n) is 6.17. The van der Waals surface area contributed by atoms with Crippen LogP contribution in [0.25, 0.3) is 61.4 Å². The first-order chi connectivity index (χ1) is 24.7. The van der Waals surface area contributed by atoms with Gasteiger partial charge in [0, 0.05) is 45.8 Å². The number of furan rings is 1. The minimum Gasteiger partial charge on any atom is -0.486 e. The maximum Gasteiger partial charge on any atom is 0.216 e. The van der Waals surface area contributed by atoms with Gasteiger partial charge in [-0.05, 0) is 66.0 Å². The molecule has 0 unspecified atom stereocenters. The van der Waals surface area contributed by atoms with Crippen molar-refractivity contribution in [1.29, 1.82) is 0 Å². The number of hydrogen-bond acceptors (Lipinski definition) is 4. The number of aromatic nitrogens is 4. The predicted octanol–water partition coefficient (Wildman–Crippen LogP) is 10.8. The number of para-hydroxylation sites is 3. The minimum atomic E-state index is -1.70. The van der Waals surface area contributed by atoms with E-state index in [-0.39, 0.29) is 20.1 Å². The molecule has 0 spiro atoms. The molecule has 0 fully saturated rings. The van der Waals surface area contributed by atoms with E-state index in [9.17, 15) is 0 Å². The van der Waals surface area contributed by atoms with Crippen molar-refractivity contribution in [3.05, 3.63) is 139 Å². The Balaban J connectivity index is 0.000000184. The van der Waals surface area contributed by atoms with Crippen molar-refractivity contribution >= 4 is 46.4 Å². The summed E-state index contributed by atoms with van der Waals surface area (Å²) in [5.74, 6) is 0.804. The Morgan fingerprint density at radius 1 is 0.824 bits per heavy atom. The summed E-state index contributed by atoms with van der Waals surface area (Å²) in [5.41, 5.74) is 8.18. The zero-order chi connectivity index (χ0) is 36.8. The van der Waals surface area contributed by atoms with Crippen LogP contribution in [0.4, 0.5) is 0 Å². The molecule has 259 valence electrons. The van der Waals surface area contributed by atoms with Crippen molar-refractivity contribution in [2.24, 2.45) is 5.41 Å². The van der Waals surface area contributed by atoms with Gasteiger partial charge < -0.3 is 14.0 Å². The summed E-state index contributed by atoms with van der Waals surface area (Å²) in [7, 11) is -1.70. The maximum absolute atomic E-state index is 8.75. The number of imidazole rings is 1. The second-order valence-electron chi connectivity index (χ2n) is 14.6. The van der Waals surface area contributed by atoms with Gasteiger partial charge in [0.1, 0.15) is 0 Å². The standard InChI is InChI=1S/C25H16N3O.C19H26NSi.Ir/c1-16-14-15-19-18-10-7-11-20(23(18)29-25(19)26-16)24-27-21-12-5-6-13-22(21)28(24)17-8-3-2-4-9-17;1-19(2,3)13-16-12-17(15-10-8-7-9-11-15)20-14-18(16)21(4,5)6;/h2-10,12-15H,1H3;7-10,12,14H,13H2,1-6H3;/q2*-1;/i;13D2;. The predicted molar refractivity (Wildman–Crippen MR) is 210 cm³/mol. The summed E-state index contributed by atoms with van der Waals surface area (Å²) in [4.78, 5) is 14.1. The van der Waals surface area contributed by atoms with Crippen molar-refractivity contribution in [1.82, 2.24) is 19.5 Å². The third-order valence-corrected chi connectivity index (χ3v) is 10.5. The van der Waals surface area contributed by atoms with Gasteiger partial charge in [0.15, 0.2) is 0 Å². The molecule has 1 radical (unpaired) electrons. The molecule has 4 aromatic carbocycles. The van der Waals surface area contributed by atoms with E-state index in [0.717, 1.165) is 72.2 Å². The Hall–Kier alpha value is -4.68. The first-order valence-electron chi connectivity index (χ1n) is 18.0. The molecule has 0 aliphatic heterocycles. The average Bonchev–Trinajstić information content (AvgIpc) is 3.70. The summed E-state index contributed by atoms with van der Waals surface area (Å²) < 4.78 is 25.9. The average molecular weight is 865 g/mol. The monoisotopic (exact) mass is 865 g/mol. The van der Waals surface area contributed by atoms with Gasteiger partial charge in [0.05, 0.1) is 30.5 Å². The molecule has 4 heterocycles. The van der Waals surface area contributed by atoms with Gasteiger partial charge >= 0.3 is 0 Å². The minimum absolute atomic E-state index is 0. The third-order valence-electron chi connectivity index (χ3n) is 8.44. The van der Waals surface area contributed by atoms with Gasteiger partial charge in [-0.2, -0.15) is 0 Å². The number of hydrogen-bond donors (Lipinski definition) is 0. The molecule has 0 amide bonds. The van der Waals surface area contributed by atoms with Gasteiger partial charge in [0.25, 0.3) is 0 Å². The van der Waals surface area contributed by atoms with Crippen molar-refractivity contribution in [2.45, 2.75) is 53.7 Å². The molecule has 0 N–H and O–H groups in total. The van der Waals surface area contributed by atoms with Crippen molar-refractivity contribution in [3.8, 4) is 28.3 Å². The smallest absolute Gasteiger partial charge is 0.216 e. The van der Waals surface area contributed by atoms with Crippen LogP contribution >= 0.6 is 0 Å². The molecule has 5 nitrogen and oxygen atoms in total. The van der Waals surface area contributed by atoms with Crippen LogP contribution in [0, 0.1) is 24.5 Å². The van der Waals surface area contributed by atoms with Crippen LogP contribution in [0.2, 0.25) is 19.6 Å². The first-order valence-corrected chi connectivity index (χ1v) is 20.5. The molecule has 4 aromatic heterocycles. The Morgan fingerprint density at radius 3 is 2.29 bits per heavy atom. The number of aryl methyl sites for hydroxylation is 1. The van der Waals surface area contributed by atoms with Gasteiger partial charge in [-0.1, -0.05) is 93.3 Å². The van der Waals surface area contributed by atoms with Crippen molar-refractivity contribution in [3.63, 3.8) is 0 Å². The van der Waals surface area contributed by atoms with E-state index in [1.165, 1.54) is 0 Å². The fraction of sp³-hybridized carbons (Fsp3) is 0.205. The quantitative estimate of drug-likeness (QED) is 0.128. The molecule has 0 aliphatic carbocycles. The van der Waals surface area contributed by atoms with E-state index in [2.05, 4.69) is 70.6 Å². The summed E-state index contributed by atoms with van der Waals surface area (Å²) in [5, 5.41) is 3.12. The Bertz CT molecular complexity index is 2540. The Morgan fingerprint density at radius 2 is 1.57 bits per heavy atom. The molecule has 0 atom stereocenters. The zero-order valence-electron chi connectivity index (χ0n) is 32.0. The van der Waals surface area contributed by atoms with E-state index in [1.54, 1.807) is 0 Å². The molecular formula is C44H42IrN4OSi-2. The number of pyridine rings is 2. The Labute approximate surface area is 318 Å². The van der Waals surface area contributed by atoms with E-state index >= 15 is 0 Å². The molecule has 0 saturated heterocycles. The molecular weight excluding hydrogens is 821 g/mol. The number of benzene rings is 4. The zero-order valence-corrected chi connectivity index (χ0v) is 33.4. The largest absolute Gasteiger partial charge is 0.486 e. The molecule has 0 bridgehead atoms. The molecule has 51 heavy (non-hydrogen) atoms. The summed E-state index contributed by atoms with van der Waals surface area (Å²) in [6, 6.07) is 42.6. The van der Waals surface area contributed by atoms with Gasteiger partial charge in [-0.15, -0.1) is 54.1 Å². The third kappa shape index (κ3) is 7.67. The topological polar surface area (TPSA) is 56.7 Å². The Kier molecular flexibility index (Phi) is 9.52.